The third-order valence-corrected chi connectivity index (χ3v) is 3.14. The zero-order chi connectivity index (χ0) is 13.4. The van der Waals surface area contributed by atoms with Crippen LogP contribution >= 0.6 is 35.3 Å². The Morgan fingerprint density at radius 3 is 2.79 bits per heavy atom. The van der Waals surface area contributed by atoms with Crippen LogP contribution in [0.3, 0.4) is 0 Å². The molecule has 0 aromatic carbocycles. The molecule has 0 spiro atoms. The molecule has 0 amide bonds. The molecule has 1 aromatic heterocycles. The number of halogens is 1. The quantitative estimate of drug-likeness (QED) is 0.337. The molecule has 0 saturated heterocycles. The molecule has 0 aliphatic heterocycles. The first-order valence-corrected chi connectivity index (χ1v) is 7.12. The summed E-state index contributed by atoms with van der Waals surface area (Å²) in [5, 5.41) is 9.51. The Labute approximate surface area is 136 Å². The van der Waals surface area contributed by atoms with Crippen LogP contribution in [0.4, 0.5) is 0 Å². The maximum absolute atomic E-state index is 4.56. The van der Waals surface area contributed by atoms with Crippen LogP contribution in [0.1, 0.15) is 37.4 Å². The van der Waals surface area contributed by atoms with Gasteiger partial charge in [0.15, 0.2) is 5.96 Å². The molecule has 1 aromatic rings. The van der Waals surface area contributed by atoms with Crippen molar-refractivity contribution in [2.45, 2.75) is 33.2 Å². The Kier molecular flexibility index (Phi) is 9.85. The van der Waals surface area contributed by atoms with Crippen molar-refractivity contribution in [1.82, 2.24) is 15.6 Å². The molecule has 0 aliphatic rings. The number of aromatic nitrogens is 1. The lowest BCUT2D eigenvalue weighted by Crippen LogP contribution is -2.37. The minimum Gasteiger partial charge on any atom is -0.357 e. The summed E-state index contributed by atoms with van der Waals surface area (Å²) in [7, 11) is 0. The Hall–Kier alpha value is -0.630. The van der Waals surface area contributed by atoms with E-state index in [1.807, 2.05) is 13.0 Å². The molecule has 2 N–H and O–H groups in total. The summed E-state index contributed by atoms with van der Waals surface area (Å²) in [5.41, 5.74) is 1.15. The second kappa shape index (κ2) is 10.2. The molecule has 0 bridgehead atoms. The summed E-state index contributed by atoms with van der Waals surface area (Å²) in [6.45, 7) is 12.2. The lowest BCUT2D eigenvalue weighted by Gasteiger charge is -2.08. The van der Waals surface area contributed by atoms with Gasteiger partial charge in [-0.1, -0.05) is 19.9 Å². The Morgan fingerprint density at radius 2 is 2.26 bits per heavy atom. The molecule has 1 heterocycles. The Balaban J connectivity index is 0.00000324. The SMILES string of the molecule is C=CCNC(=NCc1nc(C(C)C)cs1)NCC.I. The summed E-state index contributed by atoms with van der Waals surface area (Å²) in [6.07, 6.45) is 1.81. The number of hydrogen-bond acceptors (Lipinski definition) is 3. The van der Waals surface area contributed by atoms with Gasteiger partial charge in [-0.2, -0.15) is 0 Å². The van der Waals surface area contributed by atoms with E-state index in [0.29, 0.717) is 19.0 Å². The first-order valence-electron chi connectivity index (χ1n) is 6.24. The number of aliphatic imine (C=N–C) groups is 1. The Morgan fingerprint density at radius 1 is 1.53 bits per heavy atom. The summed E-state index contributed by atoms with van der Waals surface area (Å²) < 4.78 is 0. The van der Waals surface area contributed by atoms with Gasteiger partial charge in [-0.25, -0.2) is 9.98 Å². The molecule has 19 heavy (non-hydrogen) atoms. The van der Waals surface area contributed by atoms with Crippen molar-refractivity contribution in [2.75, 3.05) is 13.1 Å². The topological polar surface area (TPSA) is 49.3 Å². The van der Waals surface area contributed by atoms with Crippen LogP contribution in [0, 0.1) is 0 Å². The van der Waals surface area contributed by atoms with Gasteiger partial charge in [0.2, 0.25) is 0 Å². The van der Waals surface area contributed by atoms with E-state index in [2.05, 4.69) is 46.4 Å². The summed E-state index contributed by atoms with van der Waals surface area (Å²) >= 11 is 1.67. The number of thiazole rings is 1. The molecular formula is C13H23IN4S. The predicted octanol–water partition coefficient (Wildman–Crippen LogP) is 3.13. The van der Waals surface area contributed by atoms with Crippen LogP contribution < -0.4 is 10.6 Å². The van der Waals surface area contributed by atoms with Crippen molar-refractivity contribution in [3.05, 3.63) is 28.7 Å². The highest BCUT2D eigenvalue weighted by Crippen LogP contribution is 2.18. The van der Waals surface area contributed by atoms with Gasteiger partial charge in [0, 0.05) is 18.5 Å². The van der Waals surface area contributed by atoms with Crippen molar-refractivity contribution < 1.29 is 0 Å². The fourth-order valence-corrected chi connectivity index (χ4v) is 2.20. The second-order valence-electron chi connectivity index (χ2n) is 4.19. The molecule has 1 rings (SSSR count). The second-order valence-corrected chi connectivity index (χ2v) is 5.13. The van der Waals surface area contributed by atoms with Gasteiger partial charge in [-0.3, -0.25) is 0 Å². The molecule has 0 fully saturated rings. The average Bonchev–Trinajstić information content (AvgIpc) is 2.81. The lowest BCUT2D eigenvalue weighted by atomic mass is 10.2. The maximum Gasteiger partial charge on any atom is 0.191 e. The van der Waals surface area contributed by atoms with E-state index in [1.165, 1.54) is 0 Å². The van der Waals surface area contributed by atoms with Gasteiger partial charge in [0.1, 0.15) is 5.01 Å². The van der Waals surface area contributed by atoms with Crippen LogP contribution in [0.5, 0.6) is 0 Å². The normalized spacial score (nSPS) is 11.1. The number of nitrogens with one attached hydrogen (secondary N) is 2. The molecular weight excluding hydrogens is 371 g/mol. The molecule has 4 nitrogen and oxygen atoms in total. The summed E-state index contributed by atoms with van der Waals surface area (Å²) in [6, 6.07) is 0. The molecule has 0 saturated carbocycles. The minimum atomic E-state index is 0. The van der Waals surface area contributed by atoms with Crippen LogP contribution in [0.2, 0.25) is 0 Å². The van der Waals surface area contributed by atoms with Gasteiger partial charge in [0.25, 0.3) is 0 Å². The fraction of sp³-hybridized carbons (Fsp3) is 0.538. The molecule has 0 radical (unpaired) electrons. The van der Waals surface area contributed by atoms with E-state index >= 15 is 0 Å². The van der Waals surface area contributed by atoms with Crippen molar-refractivity contribution in [1.29, 1.82) is 0 Å². The number of rotatable bonds is 6. The van der Waals surface area contributed by atoms with Crippen LogP contribution in [-0.4, -0.2) is 24.0 Å². The van der Waals surface area contributed by atoms with Gasteiger partial charge in [-0.15, -0.1) is 41.9 Å². The van der Waals surface area contributed by atoms with E-state index < -0.39 is 0 Å². The molecule has 0 atom stereocenters. The number of hydrogen-bond donors (Lipinski definition) is 2. The first kappa shape index (κ1) is 18.4. The van der Waals surface area contributed by atoms with Crippen molar-refractivity contribution in [2.24, 2.45) is 4.99 Å². The highest BCUT2D eigenvalue weighted by Gasteiger charge is 2.05. The van der Waals surface area contributed by atoms with Crippen LogP contribution in [0.15, 0.2) is 23.0 Å². The van der Waals surface area contributed by atoms with Gasteiger partial charge in [0.05, 0.1) is 12.2 Å². The predicted molar refractivity (Wildman–Crippen MR) is 94.6 cm³/mol. The maximum atomic E-state index is 4.56. The summed E-state index contributed by atoms with van der Waals surface area (Å²) in [5.74, 6) is 1.28. The van der Waals surface area contributed by atoms with E-state index in [9.17, 15) is 0 Å². The smallest absolute Gasteiger partial charge is 0.191 e. The van der Waals surface area contributed by atoms with Gasteiger partial charge < -0.3 is 10.6 Å². The van der Waals surface area contributed by atoms with Gasteiger partial charge >= 0.3 is 0 Å². The van der Waals surface area contributed by atoms with Crippen LogP contribution in [-0.2, 0) is 6.54 Å². The molecule has 0 aliphatic carbocycles. The van der Waals surface area contributed by atoms with E-state index in [-0.39, 0.29) is 24.0 Å². The van der Waals surface area contributed by atoms with E-state index in [0.717, 1.165) is 23.2 Å². The molecule has 108 valence electrons. The third-order valence-electron chi connectivity index (χ3n) is 2.29. The lowest BCUT2D eigenvalue weighted by molar-refractivity contribution is 0.816. The number of nitrogens with zero attached hydrogens (tertiary/aromatic N) is 2. The molecule has 0 unspecified atom stereocenters. The fourth-order valence-electron chi connectivity index (χ4n) is 1.32. The van der Waals surface area contributed by atoms with Crippen molar-refractivity contribution in [3.63, 3.8) is 0 Å². The highest BCUT2D eigenvalue weighted by molar-refractivity contribution is 14.0. The minimum absolute atomic E-state index is 0. The van der Waals surface area contributed by atoms with Crippen molar-refractivity contribution >= 4 is 41.3 Å². The highest BCUT2D eigenvalue weighted by atomic mass is 127. The molecule has 6 heteroatoms. The monoisotopic (exact) mass is 394 g/mol. The first-order chi connectivity index (χ1) is 8.67. The number of guanidine groups is 1. The summed E-state index contributed by atoms with van der Waals surface area (Å²) in [4.78, 5) is 9.05. The average molecular weight is 394 g/mol. The largest absolute Gasteiger partial charge is 0.357 e. The van der Waals surface area contributed by atoms with Crippen molar-refractivity contribution in [3.8, 4) is 0 Å². The zero-order valence-corrected chi connectivity index (χ0v) is 14.9. The standard InChI is InChI=1S/C13H22N4S.HI/c1-5-7-15-13(14-6-2)16-8-12-17-11(9-18-12)10(3)4;/h5,9-10H,1,6-8H2,2-4H3,(H2,14,15,16);1H. The van der Waals surface area contributed by atoms with Gasteiger partial charge in [-0.05, 0) is 12.8 Å². The Bertz CT molecular complexity index is 401. The van der Waals surface area contributed by atoms with Crippen LogP contribution in [0.25, 0.3) is 0 Å². The van der Waals surface area contributed by atoms with E-state index in [4.69, 9.17) is 0 Å². The zero-order valence-electron chi connectivity index (χ0n) is 11.8. The third kappa shape index (κ3) is 6.91. The van der Waals surface area contributed by atoms with E-state index in [1.54, 1.807) is 11.3 Å².